The lowest BCUT2D eigenvalue weighted by molar-refractivity contribution is 0.0989. The smallest absolute Gasteiger partial charge is 0.0558 e. The average molecular weight is 241 g/mol. The standard InChI is InChI=1S/C15H31NO/c1-5-7-8-9-10-11-15(16-12-6-2)13-14(3)17-4/h5,14-16H,1,6-13H2,2-4H3. The van der Waals surface area contributed by atoms with Crippen molar-refractivity contribution >= 4 is 0 Å². The molecule has 0 aromatic heterocycles. The number of methoxy groups -OCH3 is 1. The second-order valence-electron chi connectivity index (χ2n) is 4.86. The molecule has 17 heavy (non-hydrogen) atoms. The maximum Gasteiger partial charge on any atom is 0.0558 e. The Morgan fingerprint density at radius 3 is 2.65 bits per heavy atom. The first kappa shape index (κ1) is 16.7. The highest BCUT2D eigenvalue weighted by Gasteiger charge is 2.11. The van der Waals surface area contributed by atoms with Crippen LogP contribution in [0.4, 0.5) is 0 Å². The molecule has 0 rings (SSSR count). The van der Waals surface area contributed by atoms with Gasteiger partial charge in [-0.05, 0) is 45.6 Å². The fourth-order valence-corrected chi connectivity index (χ4v) is 2.00. The van der Waals surface area contributed by atoms with Crippen LogP contribution in [0.15, 0.2) is 12.7 Å². The lowest BCUT2D eigenvalue weighted by atomic mass is 10.0. The normalized spacial score (nSPS) is 14.5. The van der Waals surface area contributed by atoms with Gasteiger partial charge in [0.25, 0.3) is 0 Å². The van der Waals surface area contributed by atoms with E-state index in [1.54, 1.807) is 7.11 Å². The molecule has 0 fully saturated rings. The number of hydrogen-bond acceptors (Lipinski definition) is 2. The molecular weight excluding hydrogens is 210 g/mol. The van der Waals surface area contributed by atoms with Crippen LogP contribution >= 0.6 is 0 Å². The minimum Gasteiger partial charge on any atom is -0.382 e. The number of ether oxygens (including phenoxy) is 1. The van der Waals surface area contributed by atoms with E-state index in [9.17, 15) is 0 Å². The van der Waals surface area contributed by atoms with Crippen LogP contribution < -0.4 is 5.32 Å². The summed E-state index contributed by atoms with van der Waals surface area (Å²) < 4.78 is 5.35. The van der Waals surface area contributed by atoms with Gasteiger partial charge in [0, 0.05) is 13.2 Å². The third-order valence-corrected chi connectivity index (χ3v) is 3.16. The zero-order valence-electron chi connectivity index (χ0n) is 12.0. The second kappa shape index (κ2) is 12.1. The van der Waals surface area contributed by atoms with Crippen molar-refractivity contribution in [2.75, 3.05) is 13.7 Å². The van der Waals surface area contributed by atoms with Gasteiger partial charge < -0.3 is 10.1 Å². The minimum atomic E-state index is 0.359. The topological polar surface area (TPSA) is 21.3 Å². The molecule has 0 heterocycles. The van der Waals surface area contributed by atoms with Crippen molar-refractivity contribution in [1.29, 1.82) is 0 Å². The fraction of sp³-hybridized carbons (Fsp3) is 0.867. The molecule has 0 amide bonds. The van der Waals surface area contributed by atoms with Crippen molar-refractivity contribution in [3.63, 3.8) is 0 Å². The van der Waals surface area contributed by atoms with Gasteiger partial charge in [-0.15, -0.1) is 6.58 Å². The molecule has 0 spiro atoms. The lowest BCUT2D eigenvalue weighted by Crippen LogP contribution is -2.33. The van der Waals surface area contributed by atoms with Crippen LogP contribution in [0.1, 0.15) is 58.8 Å². The van der Waals surface area contributed by atoms with Crippen molar-refractivity contribution in [3.05, 3.63) is 12.7 Å². The van der Waals surface area contributed by atoms with Gasteiger partial charge in [0.15, 0.2) is 0 Å². The van der Waals surface area contributed by atoms with Gasteiger partial charge >= 0.3 is 0 Å². The van der Waals surface area contributed by atoms with Gasteiger partial charge in [-0.2, -0.15) is 0 Å². The Bertz CT molecular complexity index is 170. The molecule has 0 aromatic rings. The molecule has 0 radical (unpaired) electrons. The third-order valence-electron chi connectivity index (χ3n) is 3.16. The van der Waals surface area contributed by atoms with Crippen LogP contribution in [0.5, 0.6) is 0 Å². The highest BCUT2D eigenvalue weighted by atomic mass is 16.5. The van der Waals surface area contributed by atoms with Gasteiger partial charge in [0.1, 0.15) is 0 Å². The van der Waals surface area contributed by atoms with Crippen LogP contribution in [-0.4, -0.2) is 25.8 Å². The summed E-state index contributed by atoms with van der Waals surface area (Å²) in [6.45, 7) is 9.24. The molecule has 0 aromatic carbocycles. The molecular formula is C15H31NO. The molecule has 0 aliphatic heterocycles. The molecule has 2 unspecified atom stereocenters. The first-order chi connectivity index (χ1) is 8.24. The highest BCUT2D eigenvalue weighted by Crippen LogP contribution is 2.11. The van der Waals surface area contributed by atoms with Gasteiger partial charge in [0.2, 0.25) is 0 Å². The maximum absolute atomic E-state index is 5.35. The van der Waals surface area contributed by atoms with Crippen molar-refractivity contribution in [2.45, 2.75) is 70.9 Å². The molecule has 1 N–H and O–H groups in total. The van der Waals surface area contributed by atoms with Crippen LogP contribution in [0, 0.1) is 0 Å². The minimum absolute atomic E-state index is 0.359. The number of nitrogens with one attached hydrogen (secondary N) is 1. The molecule has 0 saturated carbocycles. The van der Waals surface area contributed by atoms with E-state index in [-0.39, 0.29) is 0 Å². The quantitative estimate of drug-likeness (QED) is 0.413. The predicted octanol–water partition coefficient (Wildman–Crippen LogP) is 3.92. The van der Waals surface area contributed by atoms with E-state index in [0.29, 0.717) is 12.1 Å². The van der Waals surface area contributed by atoms with Crippen molar-refractivity contribution in [3.8, 4) is 0 Å². The van der Waals surface area contributed by atoms with Crippen molar-refractivity contribution in [1.82, 2.24) is 5.32 Å². The zero-order chi connectivity index (χ0) is 12.9. The number of unbranched alkanes of at least 4 members (excludes halogenated alkanes) is 3. The van der Waals surface area contributed by atoms with Crippen LogP contribution in [0.25, 0.3) is 0 Å². The molecule has 102 valence electrons. The number of allylic oxidation sites excluding steroid dienone is 1. The maximum atomic E-state index is 5.35. The third kappa shape index (κ3) is 10.5. The Hall–Kier alpha value is -0.340. The van der Waals surface area contributed by atoms with Crippen molar-refractivity contribution < 1.29 is 4.74 Å². The summed E-state index contributed by atoms with van der Waals surface area (Å²) in [6, 6.07) is 0.619. The van der Waals surface area contributed by atoms with E-state index in [4.69, 9.17) is 4.74 Å². The first-order valence-corrected chi connectivity index (χ1v) is 7.11. The molecule has 0 aliphatic carbocycles. The Morgan fingerprint density at radius 1 is 1.29 bits per heavy atom. The van der Waals surface area contributed by atoms with Gasteiger partial charge in [-0.25, -0.2) is 0 Å². The highest BCUT2D eigenvalue weighted by molar-refractivity contribution is 4.71. The van der Waals surface area contributed by atoms with Gasteiger partial charge in [-0.3, -0.25) is 0 Å². The summed E-state index contributed by atoms with van der Waals surface area (Å²) in [6.07, 6.45) is 11.0. The summed E-state index contributed by atoms with van der Waals surface area (Å²) in [5.41, 5.74) is 0. The summed E-state index contributed by atoms with van der Waals surface area (Å²) in [5, 5.41) is 3.63. The molecule has 2 heteroatoms. The summed E-state index contributed by atoms with van der Waals surface area (Å²) in [5.74, 6) is 0. The first-order valence-electron chi connectivity index (χ1n) is 7.11. The molecule has 2 nitrogen and oxygen atoms in total. The van der Waals surface area contributed by atoms with Crippen LogP contribution in [0.2, 0.25) is 0 Å². The summed E-state index contributed by atoms with van der Waals surface area (Å²) in [7, 11) is 1.80. The largest absolute Gasteiger partial charge is 0.382 e. The van der Waals surface area contributed by atoms with Crippen molar-refractivity contribution in [2.24, 2.45) is 0 Å². The van der Waals surface area contributed by atoms with E-state index >= 15 is 0 Å². The second-order valence-corrected chi connectivity index (χ2v) is 4.86. The fourth-order valence-electron chi connectivity index (χ4n) is 2.00. The molecule has 2 atom stereocenters. The van der Waals surface area contributed by atoms with Crippen LogP contribution in [-0.2, 0) is 4.74 Å². The Balaban J connectivity index is 3.71. The number of hydrogen-bond donors (Lipinski definition) is 1. The van der Waals surface area contributed by atoms with E-state index in [2.05, 4.69) is 25.7 Å². The Labute approximate surface area is 108 Å². The average Bonchev–Trinajstić information content (AvgIpc) is 2.35. The van der Waals surface area contributed by atoms with Gasteiger partial charge in [-0.1, -0.05) is 25.8 Å². The van der Waals surface area contributed by atoms with Gasteiger partial charge in [0.05, 0.1) is 6.10 Å². The summed E-state index contributed by atoms with van der Waals surface area (Å²) in [4.78, 5) is 0. The summed E-state index contributed by atoms with van der Waals surface area (Å²) >= 11 is 0. The van der Waals surface area contributed by atoms with Crippen LogP contribution in [0.3, 0.4) is 0 Å². The van der Waals surface area contributed by atoms with E-state index < -0.39 is 0 Å². The number of rotatable bonds is 12. The monoisotopic (exact) mass is 241 g/mol. The molecule has 0 aliphatic rings. The Kier molecular flexibility index (Phi) is 11.9. The lowest BCUT2D eigenvalue weighted by Gasteiger charge is -2.21. The zero-order valence-corrected chi connectivity index (χ0v) is 12.0. The van der Waals surface area contributed by atoms with E-state index in [0.717, 1.165) is 19.4 Å². The molecule has 0 saturated heterocycles. The molecule has 0 bridgehead atoms. The van der Waals surface area contributed by atoms with E-state index in [1.807, 2.05) is 6.08 Å². The SMILES string of the molecule is C=CCCCCCC(CC(C)OC)NCCC. The van der Waals surface area contributed by atoms with E-state index in [1.165, 1.54) is 32.1 Å². The predicted molar refractivity (Wildman–Crippen MR) is 76.5 cm³/mol. The Morgan fingerprint density at radius 2 is 2.06 bits per heavy atom.